The van der Waals surface area contributed by atoms with Crippen LogP contribution >= 0.6 is 15.9 Å². The van der Waals surface area contributed by atoms with E-state index in [1.54, 1.807) is 12.4 Å². The molecule has 1 aromatic rings. The van der Waals surface area contributed by atoms with E-state index in [4.69, 9.17) is 5.73 Å². The molecule has 1 atom stereocenters. The van der Waals surface area contributed by atoms with Gasteiger partial charge in [-0.15, -0.1) is 0 Å². The molecule has 5 heteroatoms. The van der Waals surface area contributed by atoms with Crippen LogP contribution in [0.1, 0.15) is 19.8 Å². The van der Waals surface area contributed by atoms with E-state index in [-0.39, 0.29) is 6.04 Å². The van der Waals surface area contributed by atoms with Crippen LogP contribution in [-0.2, 0) is 0 Å². The fourth-order valence-corrected chi connectivity index (χ4v) is 1.30. The van der Waals surface area contributed by atoms with E-state index in [9.17, 15) is 0 Å². The van der Waals surface area contributed by atoms with Gasteiger partial charge in [0.25, 0.3) is 0 Å². The van der Waals surface area contributed by atoms with Gasteiger partial charge in [0.2, 0.25) is 5.95 Å². The van der Waals surface area contributed by atoms with Crippen LogP contribution in [0.2, 0.25) is 0 Å². The van der Waals surface area contributed by atoms with Crippen molar-refractivity contribution in [2.24, 2.45) is 5.73 Å². The lowest BCUT2D eigenvalue weighted by Crippen LogP contribution is -2.29. The number of hydrogen-bond donors (Lipinski definition) is 2. The first-order valence-corrected chi connectivity index (χ1v) is 5.48. The zero-order valence-corrected chi connectivity index (χ0v) is 9.79. The van der Waals surface area contributed by atoms with E-state index in [0.717, 1.165) is 23.9 Å². The van der Waals surface area contributed by atoms with Gasteiger partial charge in [-0.1, -0.05) is 13.3 Å². The molecule has 4 nitrogen and oxygen atoms in total. The summed E-state index contributed by atoms with van der Waals surface area (Å²) in [5, 5.41) is 3.09. The molecule has 0 fully saturated rings. The van der Waals surface area contributed by atoms with Crippen LogP contribution in [0.5, 0.6) is 0 Å². The number of nitrogens with one attached hydrogen (secondary N) is 1. The lowest BCUT2D eigenvalue weighted by atomic mass is 10.2. The van der Waals surface area contributed by atoms with Gasteiger partial charge in [0.1, 0.15) is 0 Å². The van der Waals surface area contributed by atoms with Crippen LogP contribution in [-0.4, -0.2) is 22.6 Å². The lowest BCUT2D eigenvalue weighted by molar-refractivity contribution is 0.625. The minimum absolute atomic E-state index is 0.173. The van der Waals surface area contributed by atoms with Gasteiger partial charge in [-0.3, -0.25) is 0 Å². The zero-order valence-electron chi connectivity index (χ0n) is 8.20. The zero-order chi connectivity index (χ0) is 10.4. The Morgan fingerprint density at radius 1 is 1.50 bits per heavy atom. The maximum atomic E-state index is 5.83. The quantitative estimate of drug-likeness (QED) is 0.846. The Balaban J connectivity index is 2.34. The maximum Gasteiger partial charge on any atom is 0.222 e. The van der Waals surface area contributed by atoms with Crippen molar-refractivity contribution < 1.29 is 0 Å². The molecule has 78 valence electrons. The molecule has 0 spiro atoms. The second-order valence-electron chi connectivity index (χ2n) is 3.15. The summed E-state index contributed by atoms with van der Waals surface area (Å²) in [4.78, 5) is 8.17. The molecule has 0 aliphatic carbocycles. The van der Waals surface area contributed by atoms with Crippen molar-refractivity contribution in [2.75, 3.05) is 11.9 Å². The summed E-state index contributed by atoms with van der Waals surface area (Å²) in [6.45, 7) is 2.84. The normalized spacial score (nSPS) is 12.5. The van der Waals surface area contributed by atoms with Crippen molar-refractivity contribution in [3.05, 3.63) is 16.9 Å². The third-order valence-corrected chi connectivity index (χ3v) is 2.21. The molecular formula is C9H15BrN4. The van der Waals surface area contributed by atoms with Crippen molar-refractivity contribution in [1.29, 1.82) is 0 Å². The Morgan fingerprint density at radius 3 is 2.71 bits per heavy atom. The van der Waals surface area contributed by atoms with Gasteiger partial charge < -0.3 is 11.1 Å². The van der Waals surface area contributed by atoms with Crippen LogP contribution in [0, 0.1) is 0 Å². The van der Waals surface area contributed by atoms with E-state index in [2.05, 4.69) is 38.1 Å². The molecule has 0 saturated carbocycles. The molecule has 0 aliphatic rings. The van der Waals surface area contributed by atoms with Crippen molar-refractivity contribution in [1.82, 2.24) is 9.97 Å². The number of anilines is 1. The second kappa shape index (κ2) is 5.93. The molecule has 1 unspecified atom stereocenters. The highest BCUT2D eigenvalue weighted by Crippen LogP contribution is 2.06. The minimum Gasteiger partial charge on any atom is -0.353 e. The lowest BCUT2D eigenvalue weighted by Gasteiger charge is -2.10. The summed E-state index contributed by atoms with van der Waals surface area (Å²) in [6, 6.07) is 0.173. The van der Waals surface area contributed by atoms with Crippen molar-refractivity contribution in [3.63, 3.8) is 0 Å². The number of aromatic nitrogens is 2. The van der Waals surface area contributed by atoms with E-state index in [0.29, 0.717) is 5.95 Å². The first-order valence-electron chi connectivity index (χ1n) is 4.69. The molecule has 1 heterocycles. The summed E-state index contributed by atoms with van der Waals surface area (Å²) in [7, 11) is 0. The standard InChI is InChI=1S/C9H15BrN4/c1-2-3-8(11)6-14-9-12-4-7(10)5-13-9/h4-5,8H,2-3,6,11H2,1H3,(H,12,13,14). The van der Waals surface area contributed by atoms with E-state index < -0.39 is 0 Å². The van der Waals surface area contributed by atoms with Crippen molar-refractivity contribution >= 4 is 21.9 Å². The summed E-state index contributed by atoms with van der Waals surface area (Å²) in [5.41, 5.74) is 5.83. The van der Waals surface area contributed by atoms with Gasteiger partial charge in [0.15, 0.2) is 0 Å². The summed E-state index contributed by atoms with van der Waals surface area (Å²) in [6.07, 6.45) is 5.54. The fourth-order valence-electron chi connectivity index (χ4n) is 1.10. The highest BCUT2D eigenvalue weighted by atomic mass is 79.9. The SMILES string of the molecule is CCCC(N)CNc1ncc(Br)cn1. The van der Waals surface area contributed by atoms with Crippen LogP contribution in [0.3, 0.4) is 0 Å². The van der Waals surface area contributed by atoms with Gasteiger partial charge in [-0.05, 0) is 22.4 Å². The highest BCUT2D eigenvalue weighted by Gasteiger charge is 2.01. The minimum atomic E-state index is 0.173. The average molecular weight is 259 g/mol. The smallest absolute Gasteiger partial charge is 0.222 e. The average Bonchev–Trinajstić information content (AvgIpc) is 2.17. The molecule has 1 rings (SSSR count). The summed E-state index contributed by atoms with van der Waals surface area (Å²) in [5.74, 6) is 0.625. The van der Waals surface area contributed by atoms with E-state index in [1.807, 2.05) is 0 Å². The molecule has 0 amide bonds. The molecule has 0 radical (unpaired) electrons. The Kier molecular flexibility index (Phi) is 4.82. The number of nitrogens with two attached hydrogens (primary N) is 1. The first kappa shape index (κ1) is 11.4. The highest BCUT2D eigenvalue weighted by molar-refractivity contribution is 9.10. The third-order valence-electron chi connectivity index (χ3n) is 1.80. The fraction of sp³-hybridized carbons (Fsp3) is 0.556. The van der Waals surface area contributed by atoms with Crippen LogP contribution in [0.15, 0.2) is 16.9 Å². The van der Waals surface area contributed by atoms with E-state index in [1.165, 1.54) is 0 Å². The Morgan fingerprint density at radius 2 is 2.14 bits per heavy atom. The number of hydrogen-bond acceptors (Lipinski definition) is 4. The van der Waals surface area contributed by atoms with Crippen LogP contribution in [0.25, 0.3) is 0 Å². The second-order valence-corrected chi connectivity index (χ2v) is 4.07. The largest absolute Gasteiger partial charge is 0.353 e. The van der Waals surface area contributed by atoms with Gasteiger partial charge in [0, 0.05) is 25.0 Å². The van der Waals surface area contributed by atoms with Crippen molar-refractivity contribution in [2.45, 2.75) is 25.8 Å². The van der Waals surface area contributed by atoms with Gasteiger partial charge >= 0.3 is 0 Å². The number of nitrogens with zero attached hydrogens (tertiary/aromatic N) is 2. The van der Waals surface area contributed by atoms with Gasteiger partial charge in [0.05, 0.1) is 4.47 Å². The maximum absolute atomic E-state index is 5.83. The molecule has 0 aromatic carbocycles. The van der Waals surface area contributed by atoms with Crippen LogP contribution < -0.4 is 11.1 Å². The number of rotatable bonds is 5. The number of halogens is 1. The molecular weight excluding hydrogens is 244 g/mol. The predicted molar refractivity (Wildman–Crippen MR) is 61.1 cm³/mol. The third kappa shape index (κ3) is 4.02. The molecule has 14 heavy (non-hydrogen) atoms. The predicted octanol–water partition coefficient (Wildman–Crippen LogP) is 1.78. The summed E-state index contributed by atoms with van der Waals surface area (Å²) >= 11 is 3.27. The van der Waals surface area contributed by atoms with E-state index >= 15 is 0 Å². The topological polar surface area (TPSA) is 63.8 Å². The first-order chi connectivity index (χ1) is 6.72. The molecule has 1 aromatic heterocycles. The molecule has 0 aliphatic heterocycles. The Labute approximate surface area is 92.5 Å². The molecule has 0 bridgehead atoms. The van der Waals surface area contributed by atoms with Gasteiger partial charge in [-0.2, -0.15) is 0 Å². The summed E-state index contributed by atoms with van der Waals surface area (Å²) < 4.78 is 0.876. The van der Waals surface area contributed by atoms with Crippen LogP contribution in [0.4, 0.5) is 5.95 Å². The molecule has 0 saturated heterocycles. The Bertz CT molecular complexity index is 262. The monoisotopic (exact) mass is 258 g/mol. The van der Waals surface area contributed by atoms with Gasteiger partial charge in [-0.25, -0.2) is 9.97 Å². The molecule has 3 N–H and O–H groups in total. The Hall–Kier alpha value is -0.680. The van der Waals surface area contributed by atoms with Crippen molar-refractivity contribution in [3.8, 4) is 0 Å².